The van der Waals surface area contributed by atoms with Crippen molar-refractivity contribution in [1.82, 2.24) is 4.90 Å². The van der Waals surface area contributed by atoms with Crippen molar-refractivity contribution in [3.8, 4) is 5.75 Å². The normalized spacial score (nSPS) is 28.6. The molecular formula is C24H36BNO5. The van der Waals surface area contributed by atoms with Crippen LogP contribution in [0.5, 0.6) is 5.75 Å². The minimum atomic E-state index is -0.364. The zero-order valence-corrected chi connectivity index (χ0v) is 19.6. The Morgan fingerprint density at radius 1 is 1.06 bits per heavy atom. The molecule has 0 radical (unpaired) electrons. The summed E-state index contributed by atoms with van der Waals surface area (Å²) in [4.78, 5) is 14.5. The molecule has 2 bridgehead atoms. The number of hydrogen-bond acceptors (Lipinski definition) is 5. The molecule has 0 aliphatic carbocycles. The van der Waals surface area contributed by atoms with Crippen LogP contribution in [0.3, 0.4) is 0 Å². The second-order valence-electron chi connectivity index (χ2n) is 10.1. The Hall–Kier alpha value is -1.73. The van der Waals surface area contributed by atoms with E-state index in [9.17, 15) is 4.79 Å². The molecule has 0 N–H and O–H groups in total. The van der Waals surface area contributed by atoms with Gasteiger partial charge in [0.15, 0.2) is 0 Å². The van der Waals surface area contributed by atoms with Crippen molar-refractivity contribution < 1.29 is 23.6 Å². The van der Waals surface area contributed by atoms with Gasteiger partial charge in [-0.3, -0.25) is 0 Å². The van der Waals surface area contributed by atoms with Gasteiger partial charge in [-0.25, -0.2) is 4.79 Å². The summed E-state index contributed by atoms with van der Waals surface area (Å²) in [5.41, 5.74) is 0.297. The molecule has 4 rings (SSSR count). The van der Waals surface area contributed by atoms with Gasteiger partial charge in [-0.15, -0.1) is 0 Å². The van der Waals surface area contributed by atoms with Crippen molar-refractivity contribution in [3.63, 3.8) is 0 Å². The lowest BCUT2D eigenvalue weighted by atomic mass is 9.79. The van der Waals surface area contributed by atoms with E-state index in [-0.39, 0.29) is 42.6 Å². The summed E-state index contributed by atoms with van der Waals surface area (Å²) >= 11 is 0. The summed E-state index contributed by atoms with van der Waals surface area (Å²) in [6.07, 6.45) is 5.72. The first-order valence-corrected chi connectivity index (χ1v) is 11.8. The van der Waals surface area contributed by atoms with Crippen molar-refractivity contribution in [2.24, 2.45) is 0 Å². The number of carbonyl (C=O) groups is 1. The quantitative estimate of drug-likeness (QED) is 0.499. The molecule has 31 heavy (non-hydrogen) atoms. The van der Waals surface area contributed by atoms with Crippen LogP contribution >= 0.6 is 0 Å². The SMILES string of the molecule is CCCCOC(=O)N1C2CCC1CC(Oc1ccc(B3OC(C)(C)C(C)(C)O3)cc1)C2. The molecule has 0 saturated carbocycles. The Balaban J connectivity index is 1.33. The third-order valence-electron chi connectivity index (χ3n) is 7.33. The van der Waals surface area contributed by atoms with Gasteiger partial charge >= 0.3 is 13.2 Å². The molecule has 3 heterocycles. The number of hydrogen-bond donors (Lipinski definition) is 0. The molecule has 3 fully saturated rings. The van der Waals surface area contributed by atoms with E-state index in [0.29, 0.717) is 6.61 Å². The number of benzene rings is 1. The Kier molecular flexibility index (Phi) is 6.28. The highest BCUT2D eigenvalue weighted by atomic mass is 16.7. The Bertz CT molecular complexity index is 751. The van der Waals surface area contributed by atoms with Crippen LogP contribution in [0.15, 0.2) is 24.3 Å². The largest absolute Gasteiger partial charge is 0.494 e. The summed E-state index contributed by atoms with van der Waals surface area (Å²) < 4.78 is 24.0. The standard InChI is InChI=1S/C24H36BNO5/c1-6-7-14-28-22(27)26-18-10-11-19(26)16-21(15-18)29-20-12-8-17(9-13-20)25-30-23(2,3)24(4,5)31-25/h8-9,12-13,18-19,21H,6-7,10-11,14-16H2,1-5H3. The maximum absolute atomic E-state index is 12.5. The average Bonchev–Trinajstić information content (AvgIpc) is 3.10. The molecule has 1 aromatic rings. The van der Waals surface area contributed by atoms with E-state index in [4.69, 9.17) is 18.8 Å². The Labute approximate surface area is 186 Å². The fourth-order valence-corrected chi connectivity index (χ4v) is 4.77. The van der Waals surface area contributed by atoms with Crippen LogP contribution in [-0.2, 0) is 14.0 Å². The summed E-state index contributed by atoms with van der Waals surface area (Å²) in [7, 11) is -0.364. The first kappa shape index (κ1) is 22.5. The zero-order valence-electron chi connectivity index (χ0n) is 19.6. The fourth-order valence-electron chi connectivity index (χ4n) is 4.77. The molecule has 7 heteroatoms. The molecule has 1 amide bonds. The van der Waals surface area contributed by atoms with Crippen molar-refractivity contribution in [1.29, 1.82) is 0 Å². The van der Waals surface area contributed by atoms with Gasteiger partial charge < -0.3 is 23.7 Å². The molecule has 2 unspecified atom stereocenters. The van der Waals surface area contributed by atoms with Gasteiger partial charge in [0.05, 0.1) is 17.8 Å². The van der Waals surface area contributed by atoms with Gasteiger partial charge in [-0.1, -0.05) is 25.5 Å². The van der Waals surface area contributed by atoms with Crippen LogP contribution in [0.2, 0.25) is 0 Å². The first-order valence-electron chi connectivity index (χ1n) is 11.8. The van der Waals surface area contributed by atoms with Crippen LogP contribution in [0.4, 0.5) is 4.79 Å². The summed E-state index contributed by atoms with van der Waals surface area (Å²) in [6.45, 7) is 10.9. The number of carbonyl (C=O) groups excluding carboxylic acids is 1. The number of unbranched alkanes of at least 4 members (excludes halogenated alkanes) is 1. The fraction of sp³-hybridized carbons (Fsp3) is 0.708. The van der Waals surface area contributed by atoms with Crippen LogP contribution in [0, 0.1) is 0 Å². The van der Waals surface area contributed by atoms with Crippen molar-refractivity contribution in [2.75, 3.05) is 6.61 Å². The number of rotatable bonds is 6. The minimum absolute atomic E-state index is 0.125. The van der Waals surface area contributed by atoms with E-state index in [0.717, 1.165) is 49.7 Å². The van der Waals surface area contributed by atoms with Crippen LogP contribution in [0.25, 0.3) is 0 Å². The molecule has 0 spiro atoms. The molecule has 2 atom stereocenters. The number of ether oxygens (including phenoxy) is 2. The van der Waals surface area contributed by atoms with Crippen molar-refractivity contribution >= 4 is 18.7 Å². The topological polar surface area (TPSA) is 57.2 Å². The lowest BCUT2D eigenvalue weighted by molar-refractivity contribution is 0.00578. The van der Waals surface area contributed by atoms with Gasteiger partial charge in [0.1, 0.15) is 11.9 Å². The highest BCUT2D eigenvalue weighted by Gasteiger charge is 2.51. The molecule has 3 aliphatic heterocycles. The Morgan fingerprint density at radius 3 is 2.19 bits per heavy atom. The lowest BCUT2D eigenvalue weighted by Gasteiger charge is -2.38. The number of nitrogens with zero attached hydrogens (tertiary/aromatic N) is 1. The van der Waals surface area contributed by atoms with Crippen LogP contribution < -0.4 is 10.2 Å². The first-order chi connectivity index (χ1) is 14.7. The zero-order chi connectivity index (χ0) is 22.2. The van der Waals surface area contributed by atoms with Crippen LogP contribution in [-0.4, -0.2) is 54.1 Å². The number of piperidine rings is 1. The molecule has 1 aromatic carbocycles. The van der Waals surface area contributed by atoms with Crippen molar-refractivity contribution in [2.45, 2.75) is 103 Å². The molecule has 3 saturated heterocycles. The van der Waals surface area contributed by atoms with E-state index < -0.39 is 0 Å². The lowest BCUT2D eigenvalue weighted by Crippen LogP contribution is -2.49. The third-order valence-corrected chi connectivity index (χ3v) is 7.33. The van der Waals surface area contributed by atoms with Crippen molar-refractivity contribution in [3.05, 3.63) is 24.3 Å². The molecule has 6 nitrogen and oxygen atoms in total. The predicted octanol–water partition coefficient (Wildman–Crippen LogP) is 4.30. The van der Waals surface area contributed by atoms with Gasteiger partial charge in [0.25, 0.3) is 0 Å². The van der Waals surface area contributed by atoms with Gasteiger partial charge in [-0.2, -0.15) is 0 Å². The van der Waals surface area contributed by atoms with E-state index in [1.54, 1.807) is 0 Å². The third kappa shape index (κ3) is 4.58. The van der Waals surface area contributed by atoms with Crippen LogP contribution in [0.1, 0.15) is 73.1 Å². The summed E-state index contributed by atoms with van der Waals surface area (Å²) in [5, 5.41) is 0. The van der Waals surface area contributed by atoms with Gasteiger partial charge in [0.2, 0.25) is 0 Å². The highest BCUT2D eigenvalue weighted by molar-refractivity contribution is 6.62. The monoisotopic (exact) mass is 429 g/mol. The van der Waals surface area contributed by atoms with E-state index >= 15 is 0 Å². The highest BCUT2D eigenvalue weighted by Crippen LogP contribution is 2.38. The maximum Gasteiger partial charge on any atom is 0.494 e. The predicted molar refractivity (Wildman–Crippen MR) is 121 cm³/mol. The number of fused-ring (bicyclic) bond motifs is 2. The maximum atomic E-state index is 12.5. The molecule has 3 aliphatic rings. The summed E-state index contributed by atoms with van der Waals surface area (Å²) in [6, 6.07) is 8.48. The second kappa shape index (κ2) is 8.66. The summed E-state index contributed by atoms with van der Waals surface area (Å²) in [5.74, 6) is 0.851. The molecular weight excluding hydrogens is 393 g/mol. The van der Waals surface area contributed by atoms with E-state index in [1.807, 2.05) is 29.2 Å². The van der Waals surface area contributed by atoms with Gasteiger partial charge in [0, 0.05) is 24.9 Å². The Morgan fingerprint density at radius 2 is 1.65 bits per heavy atom. The van der Waals surface area contributed by atoms with Gasteiger partial charge in [-0.05, 0) is 64.6 Å². The minimum Gasteiger partial charge on any atom is -0.490 e. The average molecular weight is 429 g/mol. The molecule has 170 valence electrons. The smallest absolute Gasteiger partial charge is 0.490 e. The second-order valence-corrected chi connectivity index (χ2v) is 10.1. The van der Waals surface area contributed by atoms with E-state index in [2.05, 4.69) is 34.6 Å². The number of amides is 1. The molecule has 0 aromatic heterocycles. The van der Waals surface area contributed by atoms with E-state index in [1.165, 1.54) is 0 Å².